The van der Waals surface area contributed by atoms with E-state index in [-0.39, 0.29) is 11.8 Å². The molecule has 2 aromatic rings. The van der Waals surface area contributed by atoms with Gasteiger partial charge >= 0.3 is 0 Å². The second-order valence-corrected chi connectivity index (χ2v) is 8.98. The second-order valence-electron chi connectivity index (χ2n) is 8.55. The molecule has 0 bridgehead atoms. The summed E-state index contributed by atoms with van der Waals surface area (Å²) in [6.45, 7) is 3.84. The van der Waals surface area contributed by atoms with Gasteiger partial charge in [-0.25, -0.2) is 0 Å². The van der Waals surface area contributed by atoms with E-state index in [9.17, 15) is 4.79 Å². The Bertz CT molecular complexity index is 1060. The number of anilines is 2. The van der Waals surface area contributed by atoms with Crippen molar-refractivity contribution in [3.8, 4) is 0 Å². The quantitative estimate of drug-likeness (QED) is 0.719. The number of rotatable bonds is 3. The van der Waals surface area contributed by atoms with E-state index < -0.39 is 17.8 Å². The lowest BCUT2D eigenvalue weighted by atomic mass is 9.97. The number of hydrogen-bond donors (Lipinski definition) is 0. The number of hydrogen-bond acceptors (Lipinski definition) is 8. The molecule has 5 heterocycles. The molecule has 0 N–H and O–H groups in total. The number of aromatic nitrogens is 2. The zero-order valence-corrected chi connectivity index (χ0v) is 17.8. The van der Waals surface area contributed by atoms with Gasteiger partial charge in [0.2, 0.25) is 0 Å². The number of benzene rings is 1. The molecule has 1 aromatic carbocycles. The number of halogens is 1. The Hall–Kier alpha value is -2.49. The number of fused-ring (bicyclic) bond motifs is 3. The molecule has 0 aliphatic carbocycles. The maximum atomic E-state index is 13.9. The van der Waals surface area contributed by atoms with Gasteiger partial charge in [-0.05, 0) is 44.4 Å². The highest BCUT2D eigenvalue weighted by molar-refractivity contribution is 6.31. The number of aliphatic imine (C=N–C) groups is 1. The van der Waals surface area contributed by atoms with Crippen LogP contribution in [0.4, 0.5) is 11.4 Å². The largest absolute Gasteiger partial charge is 0.381 e. The van der Waals surface area contributed by atoms with E-state index >= 15 is 0 Å². The monoisotopic (exact) mass is 443 g/mol. The van der Waals surface area contributed by atoms with E-state index in [4.69, 9.17) is 25.6 Å². The van der Waals surface area contributed by atoms with Gasteiger partial charge in [-0.2, -0.15) is 4.98 Å². The van der Waals surface area contributed by atoms with Crippen LogP contribution >= 0.6 is 11.6 Å². The van der Waals surface area contributed by atoms with Crippen LogP contribution in [-0.2, 0) is 14.3 Å². The minimum atomic E-state index is -0.739. The SMILES string of the molecule is CC1(N2C(=O)C3C(c4nc(C5CCOC5)no4)N=CN3c3ccc(Cl)cc32)CCCO1. The first-order valence-corrected chi connectivity index (χ1v) is 10.9. The topological polar surface area (TPSA) is 93.3 Å². The summed E-state index contributed by atoms with van der Waals surface area (Å²) < 4.78 is 17.1. The minimum Gasteiger partial charge on any atom is -0.381 e. The van der Waals surface area contributed by atoms with Crippen LogP contribution < -0.4 is 9.80 Å². The van der Waals surface area contributed by atoms with Crippen molar-refractivity contribution in [1.29, 1.82) is 0 Å². The normalized spacial score (nSPS) is 32.1. The van der Waals surface area contributed by atoms with Crippen LogP contribution in [0, 0.1) is 0 Å². The van der Waals surface area contributed by atoms with Gasteiger partial charge in [-0.15, -0.1) is 0 Å². The first kappa shape index (κ1) is 19.2. The van der Waals surface area contributed by atoms with Crippen molar-refractivity contribution < 1.29 is 18.8 Å². The molecule has 0 spiro atoms. The smallest absolute Gasteiger partial charge is 0.255 e. The molecule has 2 fully saturated rings. The van der Waals surface area contributed by atoms with Gasteiger partial charge in [0.25, 0.3) is 11.8 Å². The fraction of sp³-hybridized carbons (Fsp3) is 0.524. The van der Waals surface area contributed by atoms with Crippen LogP contribution in [0.1, 0.15) is 49.9 Å². The number of carbonyl (C=O) groups excluding carboxylic acids is 1. The first-order chi connectivity index (χ1) is 15.0. The standard InChI is InChI=1S/C21H22ClN5O4/c1-21(6-2-7-30-21)27-15-9-13(22)3-4-14(15)26-11-23-16(17(26)20(27)28)19-24-18(25-31-19)12-5-8-29-10-12/h3-4,9,11-12,16-17H,2,5-8,10H2,1H3. The molecule has 6 rings (SSSR count). The van der Waals surface area contributed by atoms with Gasteiger partial charge < -0.3 is 18.9 Å². The predicted molar refractivity (Wildman–Crippen MR) is 113 cm³/mol. The van der Waals surface area contributed by atoms with E-state index in [2.05, 4.69) is 15.1 Å². The van der Waals surface area contributed by atoms with Gasteiger partial charge in [0, 0.05) is 24.2 Å². The number of ether oxygens (including phenoxy) is 2. The van der Waals surface area contributed by atoms with Crippen LogP contribution in [0.5, 0.6) is 0 Å². The molecular weight excluding hydrogens is 422 g/mol. The predicted octanol–water partition coefficient (Wildman–Crippen LogP) is 3.06. The van der Waals surface area contributed by atoms with E-state index in [1.165, 1.54) is 0 Å². The molecule has 4 atom stereocenters. The average Bonchev–Trinajstić information content (AvgIpc) is 3.53. The lowest BCUT2D eigenvalue weighted by Gasteiger charge is -2.46. The Morgan fingerprint density at radius 2 is 2.16 bits per heavy atom. The van der Waals surface area contributed by atoms with E-state index in [1.54, 1.807) is 11.2 Å². The highest BCUT2D eigenvalue weighted by atomic mass is 35.5. The summed E-state index contributed by atoms with van der Waals surface area (Å²) in [5.74, 6) is 0.949. The van der Waals surface area contributed by atoms with Gasteiger partial charge in [0.05, 0.1) is 24.3 Å². The molecule has 9 nitrogen and oxygen atoms in total. The van der Waals surface area contributed by atoms with Crippen molar-refractivity contribution in [2.45, 2.75) is 49.9 Å². The molecular formula is C21H22ClN5O4. The third-order valence-corrected chi connectivity index (χ3v) is 6.79. The van der Waals surface area contributed by atoms with E-state index in [0.717, 1.165) is 30.6 Å². The van der Waals surface area contributed by atoms with E-state index in [1.807, 2.05) is 30.0 Å². The number of amides is 1. The van der Waals surface area contributed by atoms with Crippen molar-refractivity contribution >= 4 is 35.2 Å². The van der Waals surface area contributed by atoms with Gasteiger partial charge in [-0.1, -0.05) is 16.8 Å². The highest BCUT2D eigenvalue weighted by Gasteiger charge is 2.53. The molecule has 31 heavy (non-hydrogen) atoms. The fourth-order valence-electron chi connectivity index (χ4n) is 4.96. The summed E-state index contributed by atoms with van der Waals surface area (Å²) in [4.78, 5) is 26.7. The van der Waals surface area contributed by atoms with Crippen LogP contribution in [-0.4, -0.2) is 54.0 Å². The van der Waals surface area contributed by atoms with Crippen molar-refractivity contribution in [3.05, 3.63) is 34.9 Å². The Morgan fingerprint density at radius 1 is 1.26 bits per heavy atom. The zero-order valence-electron chi connectivity index (χ0n) is 17.0. The van der Waals surface area contributed by atoms with Crippen molar-refractivity contribution in [1.82, 2.24) is 10.1 Å². The van der Waals surface area contributed by atoms with Crippen LogP contribution in [0.3, 0.4) is 0 Å². The van der Waals surface area contributed by atoms with E-state index in [0.29, 0.717) is 36.6 Å². The molecule has 2 saturated heterocycles. The molecule has 162 valence electrons. The maximum absolute atomic E-state index is 13.9. The lowest BCUT2D eigenvalue weighted by Crippen LogP contribution is -2.60. The average molecular weight is 444 g/mol. The Balaban J connectivity index is 1.40. The molecule has 4 aliphatic heterocycles. The molecule has 1 amide bonds. The Labute approximate surface area is 184 Å². The number of nitrogens with zero attached hydrogens (tertiary/aromatic N) is 5. The summed E-state index contributed by atoms with van der Waals surface area (Å²) in [5, 5.41) is 4.71. The van der Waals surface area contributed by atoms with Crippen molar-refractivity contribution in [2.75, 3.05) is 29.6 Å². The third kappa shape index (κ3) is 2.90. The number of carbonyl (C=O) groups is 1. The lowest BCUT2D eigenvalue weighted by molar-refractivity contribution is -0.125. The highest BCUT2D eigenvalue weighted by Crippen LogP contribution is 2.47. The summed E-state index contributed by atoms with van der Waals surface area (Å²) in [7, 11) is 0. The Morgan fingerprint density at radius 3 is 2.94 bits per heavy atom. The van der Waals surface area contributed by atoms with Crippen LogP contribution in [0.2, 0.25) is 5.02 Å². The van der Waals surface area contributed by atoms with Crippen LogP contribution in [0.15, 0.2) is 27.7 Å². The molecule has 1 aromatic heterocycles. The summed E-state index contributed by atoms with van der Waals surface area (Å²) in [5.41, 5.74) is 0.831. The minimum absolute atomic E-state index is 0.117. The van der Waals surface area contributed by atoms with Gasteiger partial charge in [-0.3, -0.25) is 14.7 Å². The summed E-state index contributed by atoms with van der Waals surface area (Å²) >= 11 is 6.30. The molecule has 0 radical (unpaired) electrons. The third-order valence-electron chi connectivity index (χ3n) is 6.56. The summed E-state index contributed by atoms with van der Waals surface area (Å²) in [6.07, 6.45) is 4.17. The van der Waals surface area contributed by atoms with Crippen LogP contribution in [0.25, 0.3) is 0 Å². The van der Waals surface area contributed by atoms with Gasteiger partial charge in [0.15, 0.2) is 11.9 Å². The molecule has 4 aliphatic rings. The van der Waals surface area contributed by atoms with Gasteiger partial charge in [0.1, 0.15) is 11.8 Å². The molecule has 10 heteroatoms. The summed E-state index contributed by atoms with van der Waals surface area (Å²) in [6, 6.07) is 4.32. The molecule has 4 unspecified atom stereocenters. The zero-order chi connectivity index (χ0) is 21.2. The fourth-order valence-corrected chi connectivity index (χ4v) is 5.13. The molecule has 0 saturated carbocycles. The van der Waals surface area contributed by atoms with Crippen molar-refractivity contribution in [2.24, 2.45) is 4.99 Å². The maximum Gasteiger partial charge on any atom is 0.255 e. The Kier molecular flexibility index (Phi) is 4.35. The second kappa shape index (κ2) is 7.01. The van der Waals surface area contributed by atoms with Crippen molar-refractivity contribution in [3.63, 3.8) is 0 Å². The first-order valence-electron chi connectivity index (χ1n) is 10.6.